The Kier molecular flexibility index (Phi) is 8.15. The van der Waals surface area contributed by atoms with Gasteiger partial charge in [0.1, 0.15) is 5.82 Å². The van der Waals surface area contributed by atoms with Gasteiger partial charge in [-0.15, -0.1) is 0 Å². The molecule has 1 saturated heterocycles. The SMILES string of the molecule is Cc1[nH]c(/C=C/c2cc(F)ccc2NC=O)c(C)c1C(=O)NC[C@@H](O)CN1CCOCC1. The number of nitrogens with zero attached hydrogens (tertiary/aromatic N) is 1. The highest BCUT2D eigenvalue weighted by Gasteiger charge is 2.19. The molecule has 2 amide bonds. The molecule has 1 aromatic carbocycles. The fourth-order valence-corrected chi connectivity index (χ4v) is 3.77. The van der Waals surface area contributed by atoms with E-state index in [0.717, 1.165) is 18.7 Å². The minimum absolute atomic E-state index is 0.148. The molecule has 1 fully saturated rings. The van der Waals surface area contributed by atoms with Gasteiger partial charge < -0.3 is 25.5 Å². The van der Waals surface area contributed by atoms with E-state index < -0.39 is 11.9 Å². The van der Waals surface area contributed by atoms with Crippen molar-refractivity contribution in [3.8, 4) is 0 Å². The number of morpholine rings is 1. The number of ether oxygens (including phenoxy) is 1. The van der Waals surface area contributed by atoms with Crippen LogP contribution in [-0.2, 0) is 9.53 Å². The molecule has 0 saturated carbocycles. The van der Waals surface area contributed by atoms with Gasteiger partial charge in [0.2, 0.25) is 6.41 Å². The first kappa shape index (κ1) is 23.6. The number of halogens is 1. The number of hydrogen-bond donors (Lipinski definition) is 4. The smallest absolute Gasteiger partial charge is 0.253 e. The third-order valence-corrected chi connectivity index (χ3v) is 5.43. The second-order valence-electron chi connectivity index (χ2n) is 7.77. The number of benzene rings is 1. The van der Waals surface area contributed by atoms with Crippen LogP contribution in [0.5, 0.6) is 0 Å². The van der Waals surface area contributed by atoms with Gasteiger partial charge in [-0.05, 0) is 43.7 Å². The van der Waals surface area contributed by atoms with Gasteiger partial charge in [0.05, 0.1) is 24.9 Å². The first-order chi connectivity index (χ1) is 15.4. The molecular weight excluding hydrogens is 415 g/mol. The van der Waals surface area contributed by atoms with E-state index in [1.54, 1.807) is 19.1 Å². The molecule has 4 N–H and O–H groups in total. The van der Waals surface area contributed by atoms with Crippen LogP contribution in [0.3, 0.4) is 0 Å². The number of H-pyrrole nitrogens is 1. The largest absolute Gasteiger partial charge is 0.390 e. The lowest BCUT2D eigenvalue weighted by atomic mass is 10.1. The molecule has 3 rings (SSSR count). The average Bonchev–Trinajstić information content (AvgIpc) is 3.06. The third kappa shape index (κ3) is 6.03. The molecule has 2 aromatic rings. The molecule has 9 heteroatoms. The molecule has 1 aliphatic rings. The standard InChI is InChI=1S/C23H29FN4O4/c1-15-20(5-3-17-11-18(24)4-6-21(17)26-14-29)27-16(2)22(15)23(31)25-12-19(30)13-28-7-9-32-10-8-28/h3-6,11,14,19,27,30H,7-10,12-13H2,1-2H3,(H,25,31)(H,26,29)/b5-3+/t19-/m1/s1. The summed E-state index contributed by atoms with van der Waals surface area (Å²) in [6.45, 7) is 7.09. The van der Waals surface area contributed by atoms with E-state index in [-0.39, 0.29) is 12.5 Å². The van der Waals surface area contributed by atoms with E-state index in [0.29, 0.717) is 54.4 Å². The summed E-state index contributed by atoms with van der Waals surface area (Å²) in [5.41, 5.74) is 3.61. The number of β-amino-alcohol motifs (C(OH)–C–C–N with tert-alkyl or cyclic N) is 1. The minimum Gasteiger partial charge on any atom is -0.390 e. The van der Waals surface area contributed by atoms with Crippen molar-refractivity contribution in [3.63, 3.8) is 0 Å². The van der Waals surface area contributed by atoms with Crippen LogP contribution in [0.15, 0.2) is 18.2 Å². The highest BCUT2D eigenvalue weighted by Crippen LogP contribution is 2.23. The summed E-state index contributed by atoms with van der Waals surface area (Å²) in [4.78, 5) is 28.8. The Morgan fingerprint density at radius 2 is 2.06 bits per heavy atom. The molecule has 2 heterocycles. The van der Waals surface area contributed by atoms with E-state index in [1.165, 1.54) is 18.2 Å². The number of aliphatic hydroxyl groups excluding tert-OH is 1. The molecule has 172 valence electrons. The van der Waals surface area contributed by atoms with Crippen LogP contribution in [-0.4, -0.2) is 72.8 Å². The number of hydrogen-bond acceptors (Lipinski definition) is 5. The van der Waals surface area contributed by atoms with Crippen LogP contribution in [0.1, 0.15) is 32.9 Å². The van der Waals surface area contributed by atoms with Crippen molar-refractivity contribution in [3.05, 3.63) is 52.1 Å². The van der Waals surface area contributed by atoms with Crippen molar-refractivity contribution in [2.45, 2.75) is 20.0 Å². The van der Waals surface area contributed by atoms with Crippen LogP contribution in [0.2, 0.25) is 0 Å². The summed E-state index contributed by atoms with van der Waals surface area (Å²) in [7, 11) is 0. The van der Waals surface area contributed by atoms with E-state index in [1.807, 2.05) is 6.92 Å². The van der Waals surface area contributed by atoms with Gasteiger partial charge in [0, 0.05) is 48.8 Å². The summed E-state index contributed by atoms with van der Waals surface area (Å²) < 4.78 is 18.9. The Labute approximate surface area is 186 Å². The number of aliphatic hydroxyl groups is 1. The maximum absolute atomic E-state index is 13.6. The molecule has 1 aromatic heterocycles. The number of amides is 2. The van der Waals surface area contributed by atoms with E-state index in [9.17, 15) is 19.1 Å². The quantitative estimate of drug-likeness (QED) is 0.442. The Balaban J connectivity index is 1.66. The fraction of sp³-hybridized carbons (Fsp3) is 0.391. The van der Waals surface area contributed by atoms with Gasteiger partial charge in [-0.2, -0.15) is 0 Å². The fourth-order valence-electron chi connectivity index (χ4n) is 3.77. The summed E-state index contributed by atoms with van der Waals surface area (Å²) in [6.07, 6.45) is 3.26. The second kappa shape index (κ2) is 11.0. The summed E-state index contributed by atoms with van der Waals surface area (Å²) in [5, 5.41) is 15.6. The van der Waals surface area contributed by atoms with Gasteiger partial charge in [-0.25, -0.2) is 4.39 Å². The van der Waals surface area contributed by atoms with E-state index >= 15 is 0 Å². The molecule has 0 radical (unpaired) electrons. The van der Waals surface area contributed by atoms with Gasteiger partial charge in [-0.1, -0.05) is 6.08 Å². The van der Waals surface area contributed by atoms with Crippen LogP contribution in [0, 0.1) is 19.7 Å². The Morgan fingerprint density at radius 1 is 1.31 bits per heavy atom. The van der Waals surface area contributed by atoms with Crippen molar-refractivity contribution in [2.24, 2.45) is 0 Å². The lowest BCUT2D eigenvalue weighted by Gasteiger charge is -2.28. The zero-order valence-electron chi connectivity index (χ0n) is 18.3. The first-order valence-electron chi connectivity index (χ1n) is 10.5. The number of aryl methyl sites for hydroxylation is 1. The molecular formula is C23H29FN4O4. The molecule has 0 aliphatic carbocycles. The summed E-state index contributed by atoms with van der Waals surface area (Å²) in [5.74, 6) is -0.692. The van der Waals surface area contributed by atoms with E-state index in [2.05, 4.69) is 20.5 Å². The zero-order chi connectivity index (χ0) is 23.1. The molecule has 1 atom stereocenters. The van der Waals surface area contributed by atoms with Crippen LogP contribution >= 0.6 is 0 Å². The number of anilines is 1. The van der Waals surface area contributed by atoms with Gasteiger partial charge in [0.25, 0.3) is 5.91 Å². The Morgan fingerprint density at radius 3 is 2.78 bits per heavy atom. The monoisotopic (exact) mass is 444 g/mol. The van der Waals surface area contributed by atoms with Crippen molar-refractivity contribution >= 4 is 30.2 Å². The number of nitrogens with one attached hydrogen (secondary N) is 3. The second-order valence-corrected chi connectivity index (χ2v) is 7.77. The highest BCUT2D eigenvalue weighted by molar-refractivity contribution is 5.98. The maximum Gasteiger partial charge on any atom is 0.253 e. The van der Waals surface area contributed by atoms with Gasteiger partial charge in [0.15, 0.2) is 0 Å². The first-order valence-corrected chi connectivity index (χ1v) is 10.5. The zero-order valence-corrected chi connectivity index (χ0v) is 18.3. The number of aromatic amines is 1. The summed E-state index contributed by atoms with van der Waals surface area (Å²) >= 11 is 0. The predicted octanol–water partition coefficient (Wildman–Crippen LogP) is 1.93. The number of aromatic nitrogens is 1. The predicted molar refractivity (Wildman–Crippen MR) is 121 cm³/mol. The minimum atomic E-state index is -0.673. The molecule has 32 heavy (non-hydrogen) atoms. The lowest BCUT2D eigenvalue weighted by Crippen LogP contribution is -2.44. The van der Waals surface area contributed by atoms with Crippen molar-refractivity contribution in [2.75, 3.05) is 44.7 Å². The van der Waals surface area contributed by atoms with Crippen LogP contribution < -0.4 is 10.6 Å². The highest BCUT2D eigenvalue weighted by atomic mass is 19.1. The van der Waals surface area contributed by atoms with Crippen LogP contribution in [0.4, 0.5) is 10.1 Å². The number of carbonyl (C=O) groups excluding carboxylic acids is 2. The molecule has 0 spiro atoms. The van der Waals surface area contributed by atoms with Gasteiger partial charge in [-0.3, -0.25) is 14.5 Å². The Hall–Kier alpha value is -3.01. The Bertz CT molecular complexity index is 983. The lowest BCUT2D eigenvalue weighted by molar-refractivity contribution is -0.105. The van der Waals surface area contributed by atoms with Crippen molar-refractivity contribution in [1.82, 2.24) is 15.2 Å². The molecule has 8 nitrogen and oxygen atoms in total. The molecule has 0 bridgehead atoms. The topological polar surface area (TPSA) is 107 Å². The van der Waals surface area contributed by atoms with Gasteiger partial charge >= 0.3 is 0 Å². The number of rotatable bonds is 9. The maximum atomic E-state index is 13.6. The summed E-state index contributed by atoms with van der Waals surface area (Å²) in [6, 6.07) is 4.07. The molecule has 1 aliphatic heterocycles. The average molecular weight is 445 g/mol. The molecule has 0 unspecified atom stereocenters. The van der Waals surface area contributed by atoms with E-state index in [4.69, 9.17) is 4.74 Å². The third-order valence-electron chi connectivity index (χ3n) is 5.43. The number of carbonyl (C=O) groups is 2. The van der Waals surface area contributed by atoms with Crippen molar-refractivity contribution in [1.29, 1.82) is 0 Å². The van der Waals surface area contributed by atoms with Crippen LogP contribution in [0.25, 0.3) is 12.2 Å². The van der Waals surface area contributed by atoms with Crippen molar-refractivity contribution < 1.29 is 23.8 Å². The normalized spacial score (nSPS) is 15.6.